The molecule has 0 spiro atoms. The molecular weight excluding hydrogens is 315 g/mol. The molecule has 2 aliphatic rings. The van der Waals surface area contributed by atoms with Crippen molar-refractivity contribution in [1.29, 1.82) is 0 Å². The van der Waals surface area contributed by atoms with Gasteiger partial charge in [0.15, 0.2) is 6.54 Å². The molecule has 0 saturated carbocycles. The van der Waals surface area contributed by atoms with Crippen molar-refractivity contribution in [3.8, 4) is 0 Å². The van der Waals surface area contributed by atoms with Crippen molar-refractivity contribution in [3.63, 3.8) is 0 Å². The van der Waals surface area contributed by atoms with Crippen LogP contribution in [-0.4, -0.2) is 28.6 Å². The predicted octanol–water partition coefficient (Wildman–Crippen LogP) is 3.78. The van der Waals surface area contributed by atoms with Crippen molar-refractivity contribution in [3.05, 3.63) is 65.5 Å². The normalized spacial score (nSPS) is 23.6. The Labute approximate surface area is 148 Å². The summed E-state index contributed by atoms with van der Waals surface area (Å²) in [5.74, 6) is 0.903. The van der Waals surface area contributed by atoms with Crippen LogP contribution in [-0.2, 0) is 5.72 Å². The maximum absolute atomic E-state index is 13.4. The Balaban J connectivity index is 1.83. The quantitative estimate of drug-likeness (QED) is 0.843. The molecule has 0 aliphatic carbocycles. The number of benzene rings is 2. The maximum Gasteiger partial charge on any atom is 0.271 e. The summed E-state index contributed by atoms with van der Waals surface area (Å²) in [6, 6.07) is 14.6. The van der Waals surface area contributed by atoms with E-state index in [9.17, 15) is 9.50 Å². The summed E-state index contributed by atoms with van der Waals surface area (Å²) in [5, 5.41) is 11.6. The molecule has 2 aromatic carbocycles. The fraction of sp³-hybridized carbons (Fsp3) is 0.381. The zero-order valence-corrected chi connectivity index (χ0v) is 14.6. The number of aliphatic hydroxyl groups is 1. The Morgan fingerprint density at radius 3 is 2.56 bits per heavy atom. The molecule has 25 heavy (non-hydrogen) atoms. The third kappa shape index (κ3) is 2.74. The summed E-state index contributed by atoms with van der Waals surface area (Å²) in [6.45, 7) is 3.40. The van der Waals surface area contributed by atoms with Gasteiger partial charge in [0, 0.05) is 12.0 Å². The van der Waals surface area contributed by atoms with E-state index >= 15 is 0 Å². The first-order valence-electron chi connectivity index (χ1n) is 9.05. The number of rotatable bonds is 2. The van der Waals surface area contributed by atoms with Gasteiger partial charge >= 0.3 is 0 Å². The largest absolute Gasteiger partial charge is 0.346 e. The standard InChI is InChI=1S/C21H24FN2O/c1-16-7-4-5-8-19(16)23-15-21(25,17-10-12-18(22)13-11-17)24-14-6-2-3-9-20(23)24/h4-5,7-8,10-13,25H,2-3,6,9,14-15H2,1H3/q+1. The van der Waals surface area contributed by atoms with Gasteiger partial charge in [0.05, 0.1) is 6.54 Å². The first-order chi connectivity index (χ1) is 12.1. The number of nitrogens with zero attached hydrogens (tertiary/aromatic N) is 2. The fourth-order valence-electron chi connectivity index (χ4n) is 4.12. The number of anilines is 1. The molecule has 0 amide bonds. The monoisotopic (exact) mass is 339 g/mol. The van der Waals surface area contributed by atoms with Crippen LogP contribution in [0, 0.1) is 12.7 Å². The smallest absolute Gasteiger partial charge is 0.271 e. The summed E-state index contributed by atoms with van der Waals surface area (Å²) >= 11 is 0. The van der Waals surface area contributed by atoms with Crippen molar-refractivity contribution in [1.82, 2.24) is 0 Å². The highest BCUT2D eigenvalue weighted by Gasteiger charge is 2.52. The van der Waals surface area contributed by atoms with Gasteiger partial charge in [-0.15, -0.1) is 0 Å². The van der Waals surface area contributed by atoms with Gasteiger partial charge in [-0.2, -0.15) is 0 Å². The van der Waals surface area contributed by atoms with Crippen LogP contribution in [0.25, 0.3) is 0 Å². The lowest BCUT2D eigenvalue weighted by atomic mass is 10.0. The van der Waals surface area contributed by atoms with Crippen LogP contribution in [0.5, 0.6) is 0 Å². The number of hydrogen-bond donors (Lipinski definition) is 1. The summed E-state index contributed by atoms with van der Waals surface area (Å²) in [6.07, 6.45) is 4.32. The molecule has 0 aromatic heterocycles. The highest BCUT2D eigenvalue weighted by Crippen LogP contribution is 2.36. The van der Waals surface area contributed by atoms with Crippen molar-refractivity contribution < 1.29 is 14.1 Å². The van der Waals surface area contributed by atoms with Crippen LogP contribution in [0.3, 0.4) is 0 Å². The van der Waals surface area contributed by atoms with Gasteiger partial charge < -0.3 is 5.11 Å². The van der Waals surface area contributed by atoms with Crippen LogP contribution in [0.1, 0.15) is 36.8 Å². The van der Waals surface area contributed by atoms with Crippen LogP contribution < -0.4 is 4.90 Å². The van der Waals surface area contributed by atoms with Crippen molar-refractivity contribution in [2.45, 2.75) is 38.3 Å². The molecule has 0 bridgehead atoms. The Morgan fingerprint density at radius 2 is 1.80 bits per heavy atom. The Hall–Kier alpha value is -2.20. The number of amidine groups is 1. The molecule has 4 rings (SSSR count). The van der Waals surface area contributed by atoms with Gasteiger partial charge in [-0.05, 0) is 62.1 Å². The molecule has 4 heteroatoms. The Bertz CT molecular complexity index is 815. The molecule has 2 aliphatic heterocycles. The summed E-state index contributed by atoms with van der Waals surface area (Å²) < 4.78 is 15.5. The predicted molar refractivity (Wildman–Crippen MR) is 97.4 cm³/mol. The first kappa shape index (κ1) is 16.3. The van der Waals surface area contributed by atoms with E-state index in [4.69, 9.17) is 0 Å². The van der Waals surface area contributed by atoms with Gasteiger partial charge in [-0.25, -0.2) is 13.9 Å². The molecule has 1 atom stereocenters. The minimum absolute atomic E-state index is 0.277. The second kappa shape index (κ2) is 6.26. The van der Waals surface area contributed by atoms with E-state index in [-0.39, 0.29) is 5.82 Å². The van der Waals surface area contributed by atoms with Gasteiger partial charge in [-0.3, -0.25) is 0 Å². The number of para-hydroxylation sites is 1. The van der Waals surface area contributed by atoms with Crippen LogP contribution >= 0.6 is 0 Å². The average molecular weight is 339 g/mol. The number of hydrogen-bond acceptors (Lipinski definition) is 2. The second-order valence-corrected chi connectivity index (χ2v) is 7.07. The molecule has 2 aromatic rings. The van der Waals surface area contributed by atoms with Gasteiger partial charge in [0.25, 0.3) is 11.6 Å². The lowest BCUT2D eigenvalue weighted by Crippen LogP contribution is -2.41. The molecule has 1 unspecified atom stereocenters. The zero-order valence-electron chi connectivity index (χ0n) is 14.6. The summed E-state index contributed by atoms with van der Waals surface area (Å²) in [4.78, 5) is 2.25. The van der Waals surface area contributed by atoms with Gasteiger partial charge in [0.1, 0.15) is 11.5 Å². The third-order valence-electron chi connectivity index (χ3n) is 5.44. The van der Waals surface area contributed by atoms with Crippen LogP contribution in [0.15, 0.2) is 48.5 Å². The van der Waals surface area contributed by atoms with E-state index in [0.717, 1.165) is 37.1 Å². The minimum Gasteiger partial charge on any atom is -0.346 e. The van der Waals surface area contributed by atoms with Crippen LogP contribution in [0.4, 0.5) is 10.1 Å². The Kier molecular flexibility index (Phi) is 4.08. The van der Waals surface area contributed by atoms with E-state index in [1.807, 2.05) is 12.1 Å². The van der Waals surface area contributed by atoms with Crippen molar-refractivity contribution >= 4 is 11.5 Å². The lowest BCUT2D eigenvalue weighted by molar-refractivity contribution is -0.658. The molecule has 2 heterocycles. The molecule has 0 saturated heterocycles. The summed E-state index contributed by atoms with van der Waals surface area (Å²) in [7, 11) is 0. The zero-order chi connectivity index (χ0) is 17.4. The minimum atomic E-state index is -1.12. The van der Waals surface area contributed by atoms with E-state index in [2.05, 4.69) is 28.5 Å². The van der Waals surface area contributed by atoms with Crippen LogP contribution in [0.2, 0.25) is 0 Å². The molecular formula is C21H24FN2O+. The maximum atomic E-state index is 13.4. The number of aryl methyl sites for hydroxylation is 1. The molecule has 0 fully saturated rings. The van der Waals surface area contributed by atoms with Gasteiger partial charge in [-0.1, -0.05) is 18.2 Å². The fourth-order valence-corrected chi connectivity index (χ4v) is 4.12. The lowest BCUT2D eigenvalue weighted by Gasteiger charge is -2.23. The average Bonchev–Trinajstić information content (AvgIpc) is 2.78. The number of halogens is 1. The first-order valence-corrected chi connectivity index (χ1v) is 9.05. The SMILES string of the molecule is Cc1ccccc1N1CC(O)(c2ccc(F)cc2)[N+]2=C1CCCCC2. The molecule has 130 valence electrons. The molecule has 3 nitrogen and oxygen atoms in total. The van der Waals surface area contributed by atoms with E-state index < -0.39 is 5.72 Å². The second-order valence-electron chi connectivity index (χ2n) is 7.07. The number of β-amino-alcohol motifs (C(OH)–C–C–N with tert-alkyl or cyclic N) is 1. The van der Waals surface area contributed by atoms with Gasteiger partial charge in [0.2, 0.25) is 0 Å². The van der Waals surface area contributed by atoms with E-state index in [1.54, 1.807) is 12.1 Å². The third-order valence-corrected chi connectivity index (χ3v) is 5.44. The van der Waals surface area contributed by atoms with E-state index in [1.165, 1.54) is 30.0 Å². The molecule has 0 radical (unpaired) electrons. The van der Waals surface area contributed by atoms with E-state index in [0.29, 0.717) is 6.54 Å². The highest BCUT2D eigenvalue weighted by molar-refractivity contribution is 5.96. The Morgan fingerprint density at radius 1 is 1.04 bits per heavy atom. The topological polar surface area (TPSA) is 26.5 Å². The van der Waals surface area contributed by atoms with Crippen molar-refractivity contribution in [2.75, 3.05) is 18.0 Å². The molecule has 1 N–H and O–H groups in total. The highest BCUT2D eigenvalue weighted by atomic mass is 19.1. The van der Waals surface area contributed by atoms with Crippen molar-refractivity contribution in [2.24, 2.45) is 0 Å². The summed E-state index contributed by atoms with van der Waals surface area (Å²) in [5.41, 5.74) is 1.98.